The number of urea groups is 1. The van der Waals surface area contributed by atoms with Gasteiger partial charge < -0.3 is 10.2 Å². The maximum atomic E-state index is 11.6. The van der Waals surface area contributed by atoms with Gasteiger partial charge in [0.2, 0.25) is 0 Å². The summed E-state index contributed by atoms with van der Waals surface area (Å²) in [5.74, 6) is 0.504. The van der Waals surface area contributed by atoms with E-state index >= 15 is 0 Å². The summed E-state index contributed by atoms with van der Waals surface area (Å²) in [6, 6.07) is 10.5. The maximum Gasteiger partial charge on any atom is 0.317 e. The SMILES string of the molecule is CCNC(=O)N1CC[C@H](c2ccccc2)C1. The first-order chi connectivity index (χ1) is 7.81. The number of nitrogens with one attached hydrogen (secondary N) is 1. The summed E-state index contributed by atoms with van der Waals surface area (Å²) in [5.41, 5.74) is 1.34. The van der Waals surface area contributed by atoms with Crippen LogP contribution in [0.15, 0.2) is 30.3 Å². The Morgan fingerprint density at radius 1 is 1.44 bits per heavy atom. The van der Waals surface area contributed by atoms with Crippen molar-refractivity contribution in [1.82, 2.24) is 10.2 Å². The lowest BCUT2D eigenvalue weighted by atomic mass is 9.99. The molecule has 1 aliphatic heterocycles. The highest BCUT2D eigenvalue weighted by Gasteiger charge is 2.26. The zero-order valence-electron chi connectivity index (χ0n) is 9.65. The summed E-state index contributed by atoms with van der Waals surface area (Å²) in [7, 11) is 0. The smallest absolute Gasteiger partial charge is 0.317 e. The van der Waals surface area contributed by atoms with Gasteiger partial charge in [0.1, 0.15) is 0 Å². The van der Waals surface area contributed by atoms with Crippen LogP contribution in [0.3, 0.4) is 0 Å². The number of benzene rings is 1. The van der Waals surface area contributed by atoms with Crippen LogP contribution >= 0.6 is 0 Å². The minimum absolute atomic E-state index is 0.0703. The predicted molar refractivity (Wildman–Crippen MR) is 64.4 cm³/mol. The third kappa shape index (κ3) is 2.35. The van der Waals surface area contributed by atoms with Crippen molar-refractivity contribution in [2.75, 3.05) is 19.6 Å². The molecule has 86 valence electrons. The van der Waals surface area contributed by atoms with E-state index in [0.717, 1.165) is 19.5 Å². The van der Waals surface area contributed by atoms with E-state index in [4.69, 9.17) is 0 Å². The number of likely N-dealkylation sites (tertiary alicyclic amines) is 1. The molecule has 1 aromatic rings. The fourth-order valence-corrected chi connectivity index (χ4v) is 2.21. The van der Waals surface area contributed by atoms with E-state index in [2.05, 4.69) is 29.6 Å². The molecule has 1 atom stereocenters. The fraction of sp³-hybridized carbons (Fsp3) is 0.462. The number of amides is 2. The molecule has 1 fully saturated rings. The number of hydrogen-bond acceptors (Lipinski definition) is 1. The minimum Gasteiger partial charge on any atom is -0.338 e. The predicted octanol–water partition coefficient (Wildman–Crippen LogP) is 2.21. The Labute approximate surface area is 96.5 Å². The van der Waals surface area contributed by atoms with Crippen LogP contribution in [-0.4, -0.2) is 30.6 Å². The fourth-order valence-electron chi connectivity index (χ4n) is 2.21. The lowest BCUT2D eigenvalue weighted by molar-refractivity contribution is 0.209. The molecule has 1 aliphatic rings. The summed E-state index contributed by atoms with van der Waals surface area (Å²) < 4.78 is 0. The summed E-state index contributed by atoms with van der Waals surface area (Å²) in [5, 5.41) is 2.85. The molecule has 0 aromatic heterocycles. The summed E-state index contributed by atoms with van der Waals surface area (Å²) in [4.78, 5) is 13.5. The van der Waals surface area contributed by atoms with Gasteiger partial charge in [0, 0.05) is 25.6 Å². The van der Waals surface area contributed by atoms with Gasteiger partial charge in [-0.15, -0.1) is 0 Å². The molecule has 0 unspecified atom stereocenters. The molecule has 0 aliphatic carbocycles. The molecular weight excluding hydrogens is 200 g/mol. The quantitative estimate of drug-likeness (QED) is 0.811. The second-order valence-corrected chi connectivity index (χ2v) is 4.18. The third-order valence-electron chi connectivity index (χ3n) is 3.07. The van der Waals surface area contributed by atoms with Crippen molar-refractivity contribution < 1.29 is 4.79 Å². The van der Waals surface area contributed by atoms with Crippen molar-refractivity contribution >= 4 is 6.03 Å². The average Bonchev–Trinajstić information content (AvgIpc) is 2.80. The maximum absolute atomic E-state index is 11.6. The van der Waals surface area contributed by atoms with Crippen LogP contribution in [-0.2, 0) is 0 Å². The molecule has 16 heavy (non-hydrogen) atoms. The van der Waals surface area contributed by atoms with Crippen LogP contribution in [0.1, 0.15) is 24.8 Å². The normalized spacial score (nSPS) is 19.8. The Bertz CT molecular complexity index is 350. The van der Waals surface area contributed by atoms with E-state index in [1.807, 2.05) is 17.9 Å². The lowest BCUT2D eigenvalue weighted by Crippen LogP contribution is -2.38. The van der Waals surface area contributed by atoms with Gasteiger partial charge in [0.25, 0.3) is 0 Å². The Kier molecular flexibility index (Phi) is 3.44. The molecule has 1 heterocycles. The van der Waals surface area contributed by atoms with Crippen LogP contribution in [0.4, 0.5) is 4.79 Å². The highest BCUT2D eigenvalue weighted by molar-refractivity contribution is 5.74. The van der Waals surface area contributed by atoms with Crippen molar-refractivity contribution in [1.29, 1.82) is 0 Å². The van der Waals surface area contributed by atoms with E-state index in [9.17, 15) is 4.79 Å². The highest BCUT2D eigenvalue weighted by atomic mass is 16.2. The molecule has 1 N–H and O–H groups in total. The van der Waals surface area contributed by atoms with Gasteiger partial charge in [-0.2, -0.15) is 0 Å². The number of hydrogen-bond donors (Lipinski definition) is 1. The minimum atomic E-state index is 0.0703. The van der Waals surface area contributed by atoms with Crippen molar-refractivity contribution in [3.05, 3.63) is 35.9 Å². The van der Waals surface area contributed by atoms with Crippen LogP contribution < -0.4 is 5.32 Å². The van der Waals surface area contributed by atoms with Crippen LogP contribution in [0.5, 0.6) is 0 Å². The lowest BCUT2D eigenvalue weighted by Gasteiger charge is -2.16. The molecule has 3 nitrogen and oxygen atoms in total. The molecule has 1 saturated heterocycles. The van der Waals surface area contributed by atoms with Gasteiger partial charge in [-0.1, -0.05) is 30.3 Å². The van der Waals surface area contributed by atoms with Crippen LogP contribution in [0.25, 0.3) is 0 Å². The van der Waals surface area contributed by atoms with Gasteiger partial charge in [0.05, 0.1) is 0 Å². The summed E-state index contributed by atoms with van der Waals surface area (Å²) in [6.45, 7) is 4.36. The number of carbonyl (C=O) groups excluding carboxylic acids is 1. The van der Waals surface area contributed by atoms with Gasteiger partial charge in [-0.3, -0.25) is 0 Å². The van der Waals surface area contributed by atoms with Gasteiger partial charge in [-0.25, -0.2) is 4.79 Å². The van der Waals surface area contributed by atoms with Gasteiger partial charge in [-0.05, 0) is 18.9 Å². The first kappa shape index (κ1) is 11.0. The van der Waals surface area contributed by atoms with Crippen LogP contribution in [0.2, 0.25) is 0 Å². The van der Waals surface area contributed by atoms with Crippen molar-refractivity contribution in [2.24, 2.45) is 0 Å². The molecule has 3 heteroatoms. The number of rotatable bonds is 2. The highest BCUT2D eigenvalue weighted by Crippen LogP contribution is 2.26. The number of carbonyl (C=O) groups is 1. The van der Waals surface area contributed by atoms with Gasteiger partial charge >= 0.3 is 6.03 Å². The third-order valence-corrected chi connectivity index (χ3v) is 3.07. The molecule has 0 spiro atoms. The first-order valence-corrected chi connectivity index (χ1v) is 5.89. The number of nitrogens with zero attached hydrogens (tertiary/aromatic N) is 1. The van der Waals surface area contributed by atoms with Gasteiger partial charge in [0.15, 0.2) is 0 Å². The molecule has 1 aromatic carbocycles. The standard InChI is InChI=1S/C13H18N2O/c1-2-14-13(16)15-9-8-12(10-15)11-6-4-3-5-7-11/h3-7,12H,2,8-10H2,1H3,(H,14,16)/t12-/m0/s1. The Morgan fingerprint density at radius 2 is 2.19 bits per heavy atom. The Balaban J connectivity index is 1.96. The van der Waals surface area contributed by atoms with E-state index in [1.165, 1.54) is 5.56 Å². The monoisotopic (exact) mass is 218 g/mol. The molecule has 0 saturated carbocycles. The van der Waals surface area contributed by atoms with E-state index in [0.29, 0.717) is 12.5 Å². The van der Waals surface area contributed by atoms with Crippen molar-refractivity contribution in [2.45, 2.75) is 19.3 Å². The second-order valence-electron chi connectivity index (χ2n) is 4.18. The topological polar surface area (TPSA) is 32.3 Å². The van der Waals surface area contributed by atoms with E-state index in [-0.39, 0.29) is 6.03 Å². The zero-order valence-corrected chi connectivity index (χ0v) is 9.65. The van der Waals surface area contributed by atoms with Crippen molar-refractivity contribution in [3.63, 3.8) is 0 Å². The average molecular weight is 218 g/mol. The first-order valence-electron chi connectivity index (χ1n) is 5.89. The van der Waals surface area contributed by atoms with Crippen molar-refractivity contribution in [3.8, 4) is 0 Å². The molecule has 2 amide bonds. The zero-order chi connectivity index (χ0) is 11.4. The molecule has 2 rings (SSSR count). The summed E-state index contributed by atoms with van der Waals surface area (Å²) in [6.07, 6.45) is 1.07. The van der Waals surface area contributed by atoms with E-state index in [1.54, 1.807) is 0 Å². The Morgan fingerprint density at radius 3 is 2.88 bits per heavy atom. The van der Waals surface area contributed by atoms with Crippen LogP contribution in [0, 0.1) is 0 Å². The van der Waals surface area contributed by atoms with E-state index < -0.39 is 0 Å². The largest absolute Gasteiger partial charge is 0.338 e. The Hall–Kier alpha value is -1.51. The molecular formula is C13H18N2O. The molecule has 0 radical (unpaired) electrons. The summed E-state index contributed by atoms with van der Waals surface area (Å²) >= 11 is 0. The second kappa shape index (κ2) is 5.01. The molecule has 0 bridgehead atoms.